The first-order chi connectivity index (χ1) is 6.66. The van der Waals surface area contributed by atoms with Crippen molar-refractivity contribution in [2.24, 2.45) is 0 Å². The first kappa shape index (κ1) is 9.33. The lowest BCUT2D eigenvalue weighted by molar-refractivity contribution is -0.116. The molecule has 2 aromatic heterocycles. The number of Topliss-reactive ketones (excluding diaryl/α,β-unsaturated/α-hetero) is 1. The van der Waals surface area contributed by atoms with Gasteiger partial charge in [0.1, 0.15) is 10.4 Å². The summed E-state index contributed by atoms with van der Waals surface area (Å²) < 4.78 is 2.64. The van der Waals surface area contributed by atoms with E-state index in [0.717, 1.165) is 10.2 Å². The zero-order valence-corrected chi connectivity index (χ0v) is 9.15. The van der Waals surface area contributed by atoms with Gasteiger partial charge in [-0.25, -0.2) is 9.97 Å². The van der Waals surface area contributed by atoms with E-state index in [-0.39, 0.29) is 5.78 Å². The van der Waals surface area contributed by atoms with Crippen LogP contribution in [0.2, 0.25) is 0 Å². The summed E-state index contributed by atoms with van der Waals surface area (Å²) in [4.78, 5) is 19.1. The molecular weight excluding hydrogens is 246 g/mol. The molecule has 14 heavy (non-hydrogen) atoms. The summed E-state index contributed by atoms with van der Waals surface area (Å²) in [7, 11) is 0. The molecule has 2 rings (SSSR count). The molecule has 4 nitrogen and oxygen atoms in total. The molecule has 0 aliphatic carbocycles. The van der Waals surface area contributed by atoms with E-state index in [1.807, 2.05) is 6.20 Å². The van der Waals surface area contributed by atoms with Crippen molar-refractivity contribution in [1.82, 2.24) is 14.4 Å². The summed E-state index contributed by atoms with van der Waals surface area (Å²) in [5, 5.41) is 0. The van der Waals surface area contributed by atoms with Gasteiger partial charge in [0, 0.05) is 18.8 Å². The molecule has 0 fully saturated rings. The van der Waals surface area contributed by atoms with Crippen molar-refractivity contribution in [3.8, 4) is 0 Å². The van der Waals surface area contributed by atoms with Crippen LogP contribution in [0.15, 0.2) is 23.2 Å². The van der Waals surface area contributed by atoms with Crippen LogP contribution in [0.25, 0.3) is 5.78 Å². The van der Waals surface area contributed by atoms with Gasteiger partial charge in [0.15, 0.2) is 0 Å². The smallest absolute Gasteiger partial charge is 0.234 e. The average molecular weight is 254 g/mol. The number of fused-ring (bicyclic) bond motifs is 1. The highest BCUT2D eigenvalue weighted by molar-refractivity contribution is 9.10. The fraction of sp³-hybridized carbons (Fsp3) is 0.222. The van der Waals surface area contributed by atoms with Crippen LogP contribution < -0.4 is 0 Å². The maximum absolute atomic E-state index is 10.9. The van der Waals surface area contributed by atoms with E-state index in [1.165, 1.54) is 0 Å². The lowest BCUT2D eigenvalue weighted by Crippen LogP contribution is -1.99. The molecule has 0 bridgehead atoms. The maximum atomic E-state index is 10.9. The summed E-state index contributed by atoms with van der Waals surface area (Å²) in [5.41, 5.74) is 0.892. The Labute approximate surface area is 89.1 Å². The number of halogens is 1. The molecule has 2 heterocycles. The standard InChI is InChI=1S/C9H8BrN3O/c1-6(14)2-7-3-11-9-12-4-8(10)13(9)5-7/h3-5H,2H2,1H3. The molecule has 0 saturated carbocycles. The van der Waals surface area contributed by atoms with E-state index in [2.05, 4.69) is 25.9 Å². The molecule has 0 unspecified atom stereocenters. The van der Waals surface area contributed by atoms with Crippen LogP contribution in [-0.4, -0.2) is 20.2 Å². The van der Waals surface area contributed by atoms with E-state index < -0.39 is 0 Å². The largest absolute Gasteiger partial charge is 0.300 e. The van der Waals surface area contributed by atoms with Crippen molar-refractivity contribution in [3.63, 3.8) is 0 Å². The monoisotopic (exact) mass is 253 g/mol. The summed E-state index contributed by atoms with van der Waals surface area (Å²) in [6.45, 7) is 1.56. The van der Waals surface area contributed by atoms with Crippen molar-refractivity contribution in [2.75, 3.05) is 0 Å². The second kappa shape index (κ2) is 3.49. The first-order valence-electron chi connectivity index (χ1n) is 4.14. The molecule has 0 amide bonds. The van der Waals surface area contributed by atoms with Gasteiger partial charge in [-0.2, -0.15) is 0 Å². The number of carbonyl (C=O) groups excluding carboxylic acids is 1. The fourth-order valence-corrected chi connectivity index (χ4v) is 1.63. The Kier molecular flexibility index (Phi) is 2.33. The van der Waals surface area contributed by atoms with Crippen molar-refractivity contribution < 1.29 is 4.79 Å². The third-order valence-electron chi connectivity index (χ3n) is 1.83. The number of aromatic nitrogens is 3. The summed E-state index contributed by atoms with van der Waals surface area (Å²) in [6, 6.07) is 0. The van der Waals surface area contributed by atoms with Crippen molar-refractivity contribution in [2.45, 2.75) is 13.3 Å². The number of hydrogen-bond donors (Lipinski definition) is 0. The van der Waals surface area contributed by atoms with Gasteiger partial charge in [-0.15, -0.1) is 0 Å². The summed E-state index contributed by atoms with van der Waals surface area (Å²) in [5.74, 6) is 0.756. The third kappa shape index (κ3) is 1.68. The van der Waals surface area contributed by atoms with Gasteiger partial charge in [-0.05, 0) is 28.4 Å². The van der Waals surface area contributed by atoms with E-state index >= 15 is 0 Å². The van der Waals surface area contributed by atoms with Crippen molar-refractivity contribution >= 4 is 27.5 Å². The number of hydrogen-bond acceptors (Lipinski definition) is 3. The number of carbonyl (C=O) groups is 1. The average Bonchev–Trinajstić information content (AvgIpc) is 2.47. The highest BCUT2D eigenvalue weighted by Crippen LogP contribution is 2.12. The van der Waals surface area contributed by atoms with Crippen molar-refractivity contribution in [3.05, 3.63) is 28.8 Å². The van der Waals surface area contributed by atoms with Crippen LogP contribution in [0.4, 0.5) is 0 Å². The topological polar surface area (TPSA) is 47.3 Å². The number of ketones is 1. The fourth-order valence-electron chi connectivity index (χ4n) is 1.26. The lowest BCUT2D eigenvalue weighted by Gasteiger charge is -1.99. The van der Waals surface area contributed by atoms with Gasteiger partial charge in [-0.1, -0.05) is 0 Å². The summed E-state index contributed by atoms with van der Waals surface area (Å²) >= 11 is 3.34. The highest BCUT2D eigenvalue weighted by Gasteiger charge is 2.03. The van der Waals surface area contributed by atoms with Gasteiger partial charge in [0.05, 0.1) is 6.20 Å². The Hall–Kier alpha value is -1.23. The van der Waals surface area contributed by atoms with E-state index in [9.17, 15) is 4.79 Å². The molecular formula is C9H8BrN3O. The Balaban J connectivity index is 2.49. The van der Waals surface area contributed by atoms with Crippen molar-refractivity contribution in [1.29, 1.82) is 0 Å². The SMILES string of the molecule is CC(=O)Cc1cnc2ncc(Br)n2c1. The number of nitrogens with zero attached hydrogens (tertiary/aromatic N) is 3. The molecule has 0 radical (unpaired) electrons. The highest BCUT2D eigenvalue weighted by atomic mass is 79.9. The lowest BCUT2D eigenvalue weighted by atomic mass is 10.2. The van der Waals surface area contributed by atoms with Gasteiger partial charge in [0.2, 0.25) is 5.78 Å². The predicted molar refractivity (Wildman–Crippen MR) is 55.1 cm³/mol. The molecule has 0 atom stereocenters. The molecule has 0 aliphatic heterocycles. The van der Waals surface area contributed by atoms with Crippen LogP contribution in [-0.2, 0) is 11.2 Å². The summed E-state index contributed by atoms with van der Waals surface area (Å²) in [6.07, 6.45) is 5.63. The molecule has 0 spiro atoms. The van der Waals surface area contributed by atoms with Gasteiger partial charge in [-0.3, -0.25) is 9.20 Å². The normalized spacial score (nSPS) is 10.7. The zero-order valence-electron chi connectivity index (χ0n) is 7.57. The number of imidazole rings is 1. The Morgan fingerprint density at radius 3 is 2.93 bits per heavy atom. The second-order valence-electron chi connectivity index (χ2n) is 3.09. The first-order valence-corrected chi connectivity index (χ1v) is 4.93. The number of rotatable bonds is 2. The van der Waals surface area contributed by atoms with Gasteiger partial charge in [0.25, 0.3) is 0 Å². The van der Waals surface area contributed by atoms with Crippen LogP contribution in [0, 0.1) is 0 Å². The maximum Gasteiger partial charge on any atom is 0.234 e. The van der Waals surface area contributed by atoms with E-state index in [0.29, 0.717) is 12.2 Å². The minimum absolute atomic E-state index is 0.127. The van der Waals surface area contributed by atoms with E-state index in [1.54, 1.807) is 23.7 Å². The minimum atomic E-state index is 0.127. The van der Waals surface area contributed by atoms with Crippen LogP contribution in [0.5, 0.6) is 0 Å². The molecule has 0 aromatic carbocycles. The Bertz CT molecular complexity index is 492. The Morgan fingerprint density at radius 2 is 2.21 bits per heavy atom. The molecule has 0 N–H and O–H groups in total. The quantitative estimate of drug-likeness (QED) is 0.818. The molecule has 72 valence electrons. The van der Waals surface area contributed by atoms with E-state index in [4.69, 9.17) is 0 Å². The van der Waals surface area contributed by atoms with Gasteiger partial charge < -0.3 is 0 Å². The molecule has 2 aromatic rings. The van der Waals surface area contributed by atoms with Crippen LogP contribution >= 0.6 is 15.9 Å². The molecule has 5 heteroatoms. The molecule has 0 aliphatic rings. The zero-order chi connectivity index (χ0) is 10.1. The second-order valence-corrected chi connectivity index (χ2v) is 3.90. The third-order valence-corrected chi connectivity index (χ3v) is 2.41. The predicted octanol–water partition coefficient (Wildman–Crippen LogP) is 1.62. The Morgan fingerprint density at radius 1 is 1.50 bits per heavy atom. The van der Waals surface area contributed by atoms with Crippen LogP contribution in [0.1, 0.15) is 12.5 Å². The van der Waals surface area contributed by atoms with Crippen LogP contribution in [0.3, 0.4) is 0 Å². The molecule has 0 saturated heterocycles. The minimum Gasteiger partial charge on any atom is -0.300 e. The van der Waals surface area contributed by atoms with Gasteiger partial charge >= 0.3 is 0 Å².